The van der Waals surface area contributed by atoms with Crippen LogP contribution in [0.1, 0.15) is 40.6 Å². The van der Waals surface area contributed by atoms with E-state index >= 15 is 0 Å². The van der Waals surface area contributed by atoms with E-state index in [2.05, 4.69) is 29.6 Å². The van der Waals surface area contributed by atoms with Gasteiger partial charge in [-0.2, -0.15) is 0 Å². The second-order valence-corrected chi connectivity index (χ2v) is 7.53. The van der Waals surface area contributed by atoms with Crippen molar-refractivity contribution in [1.82, 2.24) is 5.32 Å². The molecule has 0 saturated carbocycles. The molecular weight excluding hydrogens is 378 g/mol. The minimum absolute atomic E-state index is 0.0416. The third-order valence-corrected chi connectivity index (χ3v) is 5.46. The highest BCUT2D eigenvalue weighted by Crippen LogP contribution is 2.44. The van der Waals surface area contributed by atoms with Crippen molar-refractivity contribution in [3.63, 3.8) is 0 Å². The van der Waals surface area contributed by atoms with Crippen LogP contribution >= 0.6 is 0 Å². The van der Waals surface area contributed by atoms with E-state index in [1.54, 1.807) is 0 Å². The maximum absolute atomic E-state index is 12.5. The Morgan fingerprint density at radius 1 is 0.967 bits per heavy atom. The number of carboxylic acids is 1. The standard InChI is InChI=1S/C25H23NO4/c1-16-7-6-8-17(13-16)23(14-24(27)28)26-25(29)30-15-22-20-11-4-2-9-18(20)19-10-3-5-12-21(19)22/h2-13,22-23H,14-15H2,1H3,(H,26,29)(H,27,28). The molecule has 4 rings (SSSR count). The highest BCUT2D eigenvalue weighted by Gasteiger charge is 2.29. The van der Waals surface area contributed by atoms with Gasteiger partial charge in [0.25, 0.3) is 0 Å². The molecule has 1 atom stereocenters. The summed E-state index contributed by atoms with van der Waals surface area (Å²) in [4.78, 5) is 23.8. The maximum atomic E-state index is 12.5. The van der Waals surface area contributed by atoms with Crippen LogP contribution in [0, 0.1) is 6.92 Å². The van der Waals surface area contributed by atoms with Crippen molar-refractivity contribution in [3.05, 3.63) is 95.1 Å². The molecule has 1 aliphatic carbocycles. The lowest BCUT2D eigenvalue weighted by Crippen LogP contribution is -2.31. The van der Waals surface area contributed by atoms with Gasteiger partial charge in [0.2, 0.25) is 0 Å². The SMILES string of the molecule is Cc1cccc(C(CC(=O)O)NC(=O)OCC2c3ccccc3-c3ccccc32)c1. The molecule has 0 spiro atoms. The zero-order chi connectivity index (χ0) is 21.1. The molecule has 0 aromatic heterocycles. The number of carboxylic acid groups (broad SMARTS) is 1. The Morgan fingerprint density at radius 3 is 2.20 bits per heavy atom. The van der Waals surface area contributed by atoms with Gasteiger partial charge in [0, 0.05) is 5.92 Å². The molecule has 0 aliphatic heterocycles. The van der Waals surface area contributed by atoms with Gasteiger partial charge in [-0.3, -0.25) is 4.79 Å². The smallest absolute Gasteiger partial charge is 0.407 e. The molecule has 3 aromatic carbocycles. The van der Waals surface area contributed by atoms with Crippen LogP contribution in [0.25, 0.3) is 11.1 Å². The third-order valence-electron chi connectivity index (χ3n) is 5.46. The second kappa shape index (κ2) is 8.41. The molecule has 1 unspecified atom stereocenters. The summed E-state index contributed by atoms with van der Waals surface area (Å²) in [6.07, 6.45) is -0.835. The molecule has 5 heteroatoms. The molecule has 2 N–H and O–H groups in total. The molecule has 152 valence electrons. The van der Waals surface area contributed by atoms with Crippen LogP contribution in [0.5, 0.6) is 0 Å². The summed E-state index contributed by atoms with van der Waals surface area (Å²) in [5, 5.41) is 12.0. The van der Waals surface area contributed by atoms with Gasteiger partial charge in [-0.15, -0.1) is 0 Å². The summed E-state index contributed by atoms with van der Waals surface area (Å²) in [6.45, 7) is 2.11. The fourth-order valence-electron chi connectivity index (χ4n) is 4.10. The normalized spacial score (nSPS) is 13.2. The topological polar surface area (TPSA) is 75.6 Å². The van der Waals surface area contributed by atoms with Crippen molar-refractivity contribution in [3.8, 4) is 11.1 Å². The van der Waals surface area contributed by atoms with E-state index in [0.717, 1.165) is 33.4 Å². The number of ether oxygens (including phenoxy) is 1. The number of benzene rings is 3. The van der Waals surface area contributed by atoms with Crippen LogP contribution in [0.4, 0.5) is 4.79 Å². The number of aliphatic carboxylic acids is 1. The first-order chi connectivity index (χ1) is 14.5. The number of carbonyl (C=O) groups is 2. The predicted octanol–water partition coefficient (Wildman–Crippen LogP) is 5.05. The molecule has 1 amide bonds. The number of alkyl carbamates (subject to hydrolysis) is 1. The molecule has 0 heterocycles. The highest BCUT2D eigenvalue weighted by molar-refractivity contribution is 5.79. The Labute approximate surface area is 175 Å². The lowest BCUT2D eigenvalue weighted by atomic mass is 9.98. The Kier molecular flexibility index (Phi) is 5.53. The zero-order valence-electron chi connectivity index (χ0n) is 16.7. The van der Waals surface area contributed by atoms with E-state index in [-0.39, 0.29) is 18.9 Å². The van der Waals surface area contributed by atoms with Gasteiger partial charge in [-0.25, -0.2) is 4.79 Å². The van der Waals surface area contributed by atoms with Gasteiger partial charge < -0.3 is 15.2 Å². The summed E-state index contributed by atoms with van der Waals surface area (Å²) in [6, 6.07) is 23.0. The lowest BCUT2D eigenvalue weighted by Gasteiger charge is -2.19. The van der Waals surface area contributed by atoms with Crippen molar-refractivity contribution in [2.75, 3.05) is 6.61 Å². The number of amides is 1. The zero-order valence-corrected chi connectivity index (χ0v) is 16.7. The molecule has 0 fully saturated rings. The van der Waals surface area contributed by atoms with Crippen LogP contribution in [0.15, 0.2) is 72.8 Å². The quantitative estimate of drug-likeness (QED) is 0.606. The van der Waals surface area contributed by atoms with Crippen molar-refractivity contribution < 1.29 is 19.4 Å². The van der Waals surface area contributed by atoms with Crippen LogP contribution < -0.4 is 5.32 Å². The fraction of sp³-hybridized carbons (Fsp3) is 0.200. The minimum Gasteiger partial charge on any atom is -0.481 e. The largest absolute Gasteiger partial charge is 0.481 e. The van der Waals surface area contributed by atoms with Crippen LogP contribution in [0.3, 0.4) is 0 Å². The second-order valence-electron chi connectivity index (χ2n) is 7.53. The van der Waals surface area contributed by atoms with E-state index in [1.165, 1.54) is 0 Å². The summed E-state index contributed by atoms with van der Waals surface area (Å²) < 4.78 is 5.56. The predicted molar refractivity (Wildman–Crippen MR) is 114 cm³/mol. The number of hydrogen-bond donors (Lipinski definition) is 2. The van der Waals surface area contributed by atoms with Gasteiger partial charge in [-0.1, -0.05) is 78.4 Å². The number of aryl methyl sites for hydroxylation is 1. The first-order valence-electron chi connectivity index (χ1n) is 9.93. The number of rotatable bonds is 6. The van der Waals surface area contributed by atoms with E-state index in [0.29, 0.717) is 0 Å². The number of carbonyl (C=O) groups excluding carboxylic acids is 1. The highest BCUT2D eigenvalue weighted by atomic mass is 16.5. The molecule has 0 saturated heterocycles. The van der Waals surface area contributed by atoms with Gasteiger partial charge in [0.05, 0.1) is 12.5 Å². The molecular formula is C25H23NO4. The number of hydrogen-bond acceptors (Lipinski definition) is 3. The monoisotopic (exact) mass is 401 g/mol. The fourth-order valence-corrected chi connectivity index (χ4v) is 4.10. The van der Waals surface area contributed by atoms with Crippen molar-refractivity contribution in [2.24, 2.45) is 0 Å². The first kappa shape index (κ1) is 19.7. The Hall–Kier alpha value is -3.60. The van der Waals surface area contributed by atoms with Crippen molar-refractivity contribution in [1.29, 1.82) is 0 Å². The molecule has 3 aromatic rings. The van der Waals surface area contributed by atoms with E-state index in [4.69, 9.17) is 4.74 Å². The Morgan fingerprint density at radius 2 is 1.60 bits per heavy atom. The summed E-state index contributed by atoms with van der Waals surface area (Å²) in [5.74, 6) is -1.03. The van der Waals surface area contributed by atoms with Crippen molar-refractivity contribution >= 4 is 12.1 Å². The van der Waals surface area contributed by atoms with Gasteiger partial charge in [0.15, 0.2) is 0 Å². The van der Waals surface area contributed by atoms with E-state index in [1.807, 2.05) is 55.5 Å². The average molecular weight is 401 g/mol. The molecule has 30 heavy (non-hydrogen) atoms. The van der Waals surface area contributed by atoms with Gasteiger partial charge >= 0.3 is 12.1 Å². The molecule has 0 bridgehead atoms. The minimum atomic E-state index is -0.986. The van der Waals surface area contributed by atoms with Crippen molar-refractivity contribution in [2.45, 2.75) is 25.3 Å². The number of nitrogens with one attached hydrogen (secondary N) is 1. The van der Waals surface area contributed by atoms with E-state index < -0.39 is 18.1 Å². The first-order valence-corrected chi connectivity index (χ1v) is 9.93. The average Bonchev–Trinajstić information content (AvgIpc) is 3.05. The molecule has 0 radical (unpaired) electrons. The lowest BCUT2D eigenvalue weighted by molar-refractivity contribution is -0.137. The van der Waals surface area contributed by atoms with Crippen LogP contribution in [-0.4, -0.2) is 23.8 Å². The third kappa shape index (κ3) is 4.06. The Bertz CT molecular complexity index is 1050. The van der Waals surface area contributed by atoms with Crippen LogP contribution in [0.2, 0.25) is 0 Å². The molecule has 1 aliphatic rings. The van der Waals surface area contributed by atoms with Crippen LogP contribution in [-0.2, 0) is 9.53 Å². The number of fused-ring (bicyclic) bond motifs is 3. The molecule has 5 nitrogen and oxygen atoms in total. The summed E-state index contributed by atoms with van der Waals surface area (Å²) in [7, 11) is 0. The summed E-state index contributed by atoms with van der Waals surface area (Å²) >= 11 is 0. The van der Waals surface area contributed by atoms with Gasteiger partial charge in [-0.05, 0) is 34.7 Å². The Balaban J connectivity index is 1.48. The van der Waals surface area contributed by atoms with Gasteiger partial charge in [0.1, 0.15) is 6.61 Å². The maximum Gasteiger partial charge on any atom is 0.407 e. The summed E-state index contributed by atoms with van der Waals surface area (Å²) in [5.41, 5.74) is 6.32. The van der Waals surface area contributed by atoms with E-state index in [9.17, 15) is 14.7 Å².